The van der Waals surface area contributed by atoms with Gasteiger partial charge in [-0.15, -0.1) is 0 Å². The SMILES string of the molecule is CC(C)Cc1ccc(C(C)Nc2c(Cl)cccc2Cl)cc1. The molecule has 0 aliphatic carbocycles. The molecule has 0 saturated carbocycles. The summed E-state index contributed by atoms with van der Waals surface area (Å²) in [5, 5.41) is 4.68. The summed E-state index contributed by atoms with van der Waals surface area (Å²) in [6, 6.07) is 14.4. The van der Waals surface area contributed by atoms with Gasteiger partial charge in [-0.05, 0) is 42.5 Å². The quantitative estimate of drug-likeness (QED) is 0.675. The molecule has 1 atom stereocenters. The summed E-state index contributed by atoms with van der Waals surface area (Å²) in [5.41, 5.74) is 3.38. The highest BCUT2D eigenvalue weighted by Gasteiger charge is 2.10. The molecule has 21 heavy (non-hydrogen) atoms. The third kappa shape index (κ3) is 4.39. The van der Waals surface area contributed by atoms with Gasteiger partial charge in [-0.3, -0.25) is 0 Å². The molecule has 0 radical (unpaired) electrons. The van der Waals surface area contributed by atoms with Crippen LogP contribution in [0, 0.1) is 5.92 Å². The molecule has 0 aliphatic rings. The van der Waals surface area contributed by atoms with Crippen LogP contribution in [0.5, 0.6) is 0 Å². The Hall–Kier alpha value is -1.18. The molecule has 0 fully saturated rings. The van der Waals surface area contributed by atoms with Gasteiger partial charge in [-0.25, -0.2) is 0 Å². The van der Waals surface area contributed by atoms with Crippen LogP contribution in [-0.4, -0.2) is 0 Å². The largest absolute Gasteiger partial charge is 0.376 e. The van der Waals surface area contributed by atoms with E-state index in [0.29, 0.717) is 16.0 Å². The summed E-state index contributed by atoms with van der Waals surface area (Å²) in [6.07, 6.45) is 1.11. The molecule has 3 heteroatoms. The Morgan fingerprint density at radius 3 is 2.00 bits per heavy atom. The molecule has 0 aliphatic heterocycles. The summed E-state index contributed by atoms with van der Waals surface area (Å²) in [4.78, 5) is 0. The van der Waals surface area contributed by atoms with Crippen LogP contribution in [0.1, 0.15) is 37.9 Å². The molecule has 0 aromatic heterocycles. The highest BCUT2D eigenvalue weighted by molar-refractivity contribution is 6.39. The minimum Gasteiger partial charge on any atom is -0.376 e. The maximum atomic E-state index is 6.20. The Morgan fingerprint density at radius 2 is 1.48 bits per heavy atom. The van der Waals surface area contributed by atoms with Gasteiger partial charge in [0.25, 0.3) is 0 Å². The number of hydrogen-bond acceptors (Lipinski definition) is 1. The molecular weight excluding hydrogens is 301 g/mol. The molecule has 2 rings (SSSR count). The van der Waals surface area contributed by atoms with Crippen molar-refractivity contribution < 1.29 is 0 Å². The zero-order chi connectivity index (χ0) is 15.4. The second kappa shape index (κ2) is 7.20. The highest BCUT2D eigenvalue weighted by Crippen LogP contribution is 2.32. The number of nitrogens with one attached hydrogen (secondary N) is 1. The van der Waals surface area contributed by atoms with E-state index in [4.69, 9.17) is 23.2 Å². The predicted molar refractivity (Wildman–Crippen MR) is 93.5 cm³/mol. The molecular formula is C18H21Cl2N. The van der Waals surface area contributed by atoms with E-state index < -0.39 is 0 Å². The van der Waals surface area contributed by atoms with Gasteiger partial charge in [0.05, 0.1) is 15.7 Å². The third-order valence-electron chi connectivity index (χ3n) is 3.45. The molecule has 2 aromatic carbocycles. The summed E-state index contributed by atoms with van der Waals surface area (Å²) in [5.74, 6) is 0.674. The Bertz CT molecular complexity index is 570. The summed E-state index contributed by atoms with van der Waals surface area (Å²) in [6.45, 7) is 6.58. The first-order chi connectivity index (χ1) is 9.97. The van der Waals surface area contributed by atoms with Crippen molar-refractivity contribution in [2.45, 2.75) is 33.2 Å². The van der Waals surface area contributed by atoms with Crippen molar-refractivity contribution in [1.82, 2.24) is 0 Å². The Kier molecular flexibility index (Phi) is 5.55. The van der Waals surface area contributed by atoms with Crippen LogP contribution in [-0.2, 0) is 6.42 Å². The van der Waals surface area contributed by atoms with Crippen LogP contribution in [0.2, 0.25) is 10.0 Å². The molecule has 0 bridgehead atoms. The normalized spacial score (nSPS) is 12.5. The number of hydrogen-bond donors (Lipinski definition) is 1. The monoisotopic (exact) mass is 321 g/mol. The topological polar surface area (TPSA) is 12.0 Å². The molecule has 0 saturated heterocycles. The fourth-order valence-corrected chi connectivity index (χ4v) is 2.86. The lowest BCUT2D eigenvalue weighted by Gasteiger charge is -2.18. The molecule has 0 spiro atoms. The van der Waals surface area contributed by atoms with Crippen molar-refractivity contribution in [2.75, 3.05) is 5.32 Å². The lowest BCUT2D eigenvalue weighted by atomic mass is 10.00. The van der Waals surface area contributed by atoms with Gasteiger partial charge in [0, 0.05) is 6.04 Å². The lowest BCUT2D eigenvalue weighted by molar-refractivity contribution is 0.647. The number of benzene rings is 2. The van der Waals surface area contributed by atoms with Crippen LogP contribution < -0.4 is 5.32 Å². The van der Waals surface area contributed by atoms with Crippen molar-refractivity contribution in [3.8, 4) is 0 Å². The second-order valence-electron chi connectivity index (χ2n) is 5.80. The van der Waals surface area contributed by atoms with Gasteiger partial charge in [0.15, 0.2) is 0 Å². The number of anilines is 1. The maximum absolute atomic E-state index is 6.20. The maximum Gasteiger partial charge on any atom is 0.0723 e. The van der Waals surface area contributed by atoms with Crippen molar-refractivity contribution in [2.24, 2.45) is 5.92 Å². The van der Waals surface area contributed by atoms with E-state index in [2.05, 4.69) is 50.4 Å². The zero-order valence-corrected chi connectivity index (χ0v) is 14.2. The predicted octanol–water partition coefficient (Wildman–Crippen LogP) is 6.37. The van der Waals surface area contributed by atoms with Gasteiger partial charge >= 0.3 is 0 Å². The van der Waals surface area contributed by atoms with Crippen molar-refractivity contribution in [3.05, 3.63) is 63.6 Å². The number of halogens is 2. The first kappa shape index (κ1) is 16.2. The summed E-state index contributed by atoms with van der Waals surface area (Å²) in [7, 11) is 0. The third-order valence-corrected chi connectivity index (χ3v) is 4.08. The van der Waals surface area contributed by atoms with Crippen molar-refractivity contribution in [1.29, 1.82) is 0 Å². The fraction of sp³-hybridized carbons (Fsp3) is 0.333. The van der Waals surface area contributed by atoms with E-state index in [9.17, 15) is 0 Å². The first-order valence-electron chi connectivity index (χ1n) is 7.26. The summed E-state index contributed by atoms with van der Waals surface area (Å²) < 4.78 is 0. The van der Waals surface area contributed by atoms with Crippen molar-refractivity contribution >= 4 is 28.9 Å². The minimum atomic E-state index is 0.149. The summed E-state index contributed by atoms with van der Waals surface area (Å²) >= 11 is 12.4. The van der Waals surface area contributed by atoms with Crippen LogP contribution in [0.25, 0.3) is 0 Å². The minimum absolute atomic E-state index is 0.149. The van der Waals surface area contributed by atoms with Crippen LogP contribution in [0.4, 0.5) is 5.69 Å². The molecule has 112 valence electrons. The molecule has 1 unspecified atom stereocenters. The Balaban J connectivity index is 2.11. The number of para-hydroxylation sites is 1. The average Bonchev–Trinajstić information content (AvgIpc) is 2.43. The van der Waals surface area contributed by atoms with Crippen LogP contribution in [0.3, 0.4) is 0 Å². The van der Waals surface area contributed by atoms with Gasteiger partial charge in [0.1, 0.15) is 0 Å². The molecule has 1 N–H and O–H groups in total. The average molecular weight is 322 g/mol. The van der Waals surface area contributed by atoms with E-state index >= 15 is 0 Å². The van der Waals surface area contributed by atoms with E-state index in [0.717, 1.165) is 12.1 Å². The van der Waals surface area contributed by atoms with Gasteiger partial charge in [-0.2, -0.15) is 0 Å². The van der Waals surface area contributed by atoms with Crippen LogP contribution >= 0.6 is 23.2 Å². The molecule has 2 aromatic rings. The molecule has 0 amide bonds. The first-order valence-corrected chi connectivity index (χ1v) is 8.02. The van der Waals surface area contributed by atoms with E-state index in [1.807, 2.05) is 18.2 Å². The van der Waals surface area contributed by atoms with Crippen molar-refractivity contribution in [3.63, 3.8) is 0 Å². The fourth-order valence-electron chi connectivity index (χ4n) is 2.35. The molecule has 0 heterocycles. The second-order valence-corrected chi connectivity index (χ2v) is 6.62. The Labute approximate surface area is 137 Å². The van der Waals surface area contributed by atoms with Crippen LogP contribution in [0.15, 0.2) is 42.5 Å². The standard InChI is InChI=1S/C18H21Cl2N/c1-12(2)11-14-7-9-15(10-8-14)13(3)21-18-16(19)5-4-6-17(18)20/h4-10,12-13,21H,11H2,1-3H3. The lowest BCUT2D eigenvalue weighted by Crippen LogP contribution is -2.07. The molecule has 1 nitrogen and oxygen atoms in total. The Morgan fingerprint density at radius 1 is 0.905 bits per heavy atom. The zero-order valence-electron chi connectivity index (χ0n) is 12.7. The smallest absolute Gasteiger partial charge is 0.0723 e. The van der Waals surface area contributed by atoms with E-state index in [-0.39, 0.29) is 6.04 Å². The van der Waals surface area contributed by atoms with E-state index in [1.54, 1.807) is 0 Å². The van der Waals surface area contributed by atoms with Gasteiger partial charge in [0.2, 0.25) is 0 Å². The number of rotatable bonds is 5. The van der Waals surface area contributed by atoms with E-state index in [1.165, 1.54) is 11.1 Å². The van der Waals surface area contributed by atoms with Gasteiger partial charge in [-0.1, -0.05) is 67.4 Å². The highest BCUT2D eigenvalue weighted by atomic mass is 35.5. The van der Waals surface area contributed by atoms with Gasteiger partial charge < -0.3 is 5.32 Å².